The fourth-order valence-electron chi connectivity index (χ4n) is 4.22. The number of hydrogen-bond donors (Lipinski definition) is 3. The van der Waals surface area contributed by atoms with Crippen LogP contribution < -0.4 is 10.2 Å². The molecule has 1 aliphatic rings. The largest absolute Gasteiger partial charge is 0.338 e. The lowest BCUT2D eigenvalue weighted by Gasteiger charge is -2.22. The fraction of sp³-hybridized carbons (Fsp3) is 0.545. The van der Waals surface area contributed by atoms with Gasteiger partial charge in [0.2, 0.25) is 21.8 Å². The van der Waals surface area contributed by atoms with Gasteiger partial charge in [-0.05, 0) is 17.9 Å². The van der Waals surface area contributed by atoms with Crippen molar-refractivity contribution in [3.63, 3.8) is 0 Å². The van der Waals surface area contributed by atoms with Crippen molar-refractivity contribution in [1.82, 2.24) is 20.3 Å². The maximum absolute atomic E-state index is 12.4. The van der Waals surface area contributed by atoms with Crippen molar-refractivity contribution in [3.05, 3.63) is 47.6 Å². The standard InChI is InChI=1S/C22H30N4O6S/c27-19(24-29)14-18(13-7-12-16-8-3-1-4-9-16)22-23-20(25-32-22)21(28)26-33(30,31)15-17-10-5-2-6-11-17/h2,5-6,10-11,16,18,29H,1,3-4,7-9,12-15H2,(H,24,27)(H,26,28). The third kappa shape index (κ3) is 7.93. The highest BCUT2D eigenvalue weighted by Gasteiger charge is 2.26. The van der Waals surface area contributed by atoms with Crippen molar-refractivity contribution in [3.8, 4) is 0 Å². The van der Waals surface area contributed by atoms with E-state index in [1.807, 2.05) is 4.72 Å². The molecular formula is C22H30N4O6S. The molecule has 1 aromatic heterocycles. The number of carbonyl (C=O) groups excluding carboxylic acids is 2. The molecule has 33 heavy (non-hydrogen) atoms. The van der Waals surface area contributed by atoms with Crippen LogP contribution in [0, 0.1) is 5.92 Å². The van der Waals surface area contributed by atoms with Crippen LogP contribution in [0.5, 0.6) is 0 Å². The van der Waals surface area contributed by atoms with Crippen molar-refractivity contribution >= 4 is 21.8 Å². The average molecular weight is 479 g/mol. The summed E-state index contributed by atoms with van der Waals surface area (Å²) in [5.74, 6) is -2.16. The first-order valence-corrected chi connectivity index (χ1v) is 12.9. The van der Waals surface area contributed by atoms with Crippen molar-refractivity contribution in [2.45, 2.75) is 69.5 Å². The molecule has 1 aromatic carbocycles. The molecule has 3 N–H and O–H groups in total. The third-order valence-electron chi connectivity index (χ3n) is 5.89. The van der Waals surface area contributed by atoms with E-state index in [1.165, 1.54) is 32.1 Å². The molecular weight excluding hydrogens is 448 g/mol. The molecule has 1 atom stereocenters. The summed E-state index contributed by atoms with van der Waals surface area (Å²) in [5, 5.41) is 12.5. The molecule has 1 aliphatic carbocycles. The summed E-state index contributed by atoms with van der Waals surface area (Å²) >= 11 is 0. The topological polar surface area (TPSA) is 151 Å². The van der Waals surface area contributed by atoms with Crippen molar-refractivity contribution in [2.24, 2.45) is 5.92 Å². The molecule has 1 fully saturated rings. The number of hydrogen-bond acceptors (Lipinski definition) is 8. The van der Waals surface area contributed by atoms with Gasteiger partial charge in [-0.3, -0.25) is 14.8 Å². The highest BCUT2D eigenvalue weighted by atomic mass is 32.2. The Bertz CT molecular complexity index is 1020. The number of nitrogens with one attached hydrogen (secondary N) is 2. The number of nitrogens with zero attached hydrogens (tertiary/aromatic N) is 2. The summed E-state index contributed by atoms with van der Waals surface area (Å²) < 4.78 is 31.7. The van der Waals surface area contributed by atoms with Crippen LogP contribution in [0.2, 0.25) is 0 Å². The lowest BCUT2D eigenvalue weighted by Crippen LogP contribution is -2.32. The Balaban J connectivity index is 1.61. The molecule has 11 heteroatoms. The van der Waals surface area contributed by atoms with Gasteiger partial charge in [0, 0.05) is 12.3 Å². The molecule has 2 aromatic rings. The molecule has 1 heterocycles. The van der Waals surface area contributed by atoms with Gasteiger partial charge in [-0.15, -0.1) is 0 Å². The molecule has 1 unspecified atom stereocenters. The van der Waals surface area contributed by atoms with Crippen LogP contribution in [0.15, 0.2) is 34.9 Å². The fourth-order valence-corrected chi connectivity index (χ4v) is 5.30. The second kappa shape index (κ2) is 11.9. The van der Waals surface area contributed by atoms with E-state index < -0.39 is 33.6 Å². The zero-order chi connectivity index (χ0) is 23.7. The summed E-state index contributed by atoms with van der Waals surface area (Å²) in [4.78, 5) is 28.2. The lowest BCUT2D eigenvalue weighted by molar-refractivity contribution is -0.129. The zero-order valence-corrected chi connectivity index (χ0v) is 19.2. The summed E-state index contributed by atoms with van der Waals surface area (Å²) in [6, 6.07) is 8.45. The Labute approximate surface area is 193 Å². The van der Waals surface area contributed by atoms with Crippen molar-refractivity contribution in [2.75, 3.05) is 0 Å². The third-order valence-corrected chi connectivity index (χ3v) is 7.10. The summed E-state index contributed by atoms with van der Waals surface area (Å²) in [7, 11) is -3.96. The van der Waals surface area contributed by atoms with Crippen LogP contribution in [0.4, 0.5) is 0 Å². The molecule has 180 valence electrons. The molecule has 0 bridgehead atoms. The average Bonchev–Trinajstić information content (AvgIpc) is 3.29. The number of sulfonamides is 1. The first-order valence-electron chi connectivity index (χ1n) is 11.2. The SMILES string of the molecule is O=C(CC(CCCC1CCCCC1)c1nc(C(=O)NS(=O)(=O)Cc2ccccc2)no1)NO. The molecule has 0 spiro atoms. The van der Waals surface area contributed by atoms with Crippen molar-refractivity contribution < 1.29 is 27.7 Å². The number of carbonyl (C=O) groups is 2. The second-order valence-corrected chi connectivity index (χ2v) is 10.2. The van der Waals surface area contributed by atoms with Crippen LogP contribution in [-0.4, -0.2) is 35.6 Å². The molecule has 0 radical (unpaired) electrons. The van der Waals surface area contributed by atoms with E-state index in [-0.39, 0.29) is 18.1 Å². The number of hydroxylamine groups is 1. The van der Waals surface area contributed by atoms with E-state index >= 15 is 0 Å². The minimum absolute atomic E-state index is 0.0628. The van der Waals surface area contributed by atoms with Gasteiger partial charge in [-0.2, -0.15) is 4.98 Å². The first kappa shape index (κ1) is 24.8. The van der Waals surface area contributed by atoms with Gasteiger partial charge in [0.1, 0.15) is 0 Å². The van der Waals surface area contributed by atoms with Gasteiger partial charge in [0.25, 0.3) is 5.82 Å². The summed E-state index contributed by atoms with van der Waals surface area (Å²) in [5.41, 5.74) is 2.13. The first-order chi connectivity index (χ1) is 15.9. The lowest BCUT2D eigenvalue weighted by atomic mass is 9.84. The van der Waals surface area contributed by atoms with Gasteiger partial charge in [0.05, 0.1) is 5.75 Å². The van der Waals surface area contributed by atoms with Gasteiger partial charge >= 0.3 is 5.91 Å². The van der Waals surface area contributed by atoms with Gasteiger partial charge in [-0.25, -0.2) is 18.6 Å². The van der Waals surface area contributed by atoms with Crippen molar-refractivity contribution in [1.29, 1.82) is 0 Å². The highest BCUT2D eigenvalue weighted by Crippen LogP contribution is 2.31. The van der Waals surface area contributed by atoms with Crippen LogP contribution in [0.25, 0.3) is 0 Å². The Kier molecular flexibility index (Phi) is 8.95. The normalized spacial score (nSPS) is 15.7. The Morgan fingerprint density at radius 3 is 2.58 bits per heavy atom. The maximum Gasteiger partial charge on any atom is 0.306 e. The zero-order valence-electron chi connectivity index (χ0n) is 18.4. The molecule has 0 aliphatic heterocycles. The number of amides is 2. The van der Waals surface area contributed by atoms with E-state index in [2.05, 4.69) is 10.1 Å². The maximum atomic E-state index is 12.4. The van der Waals surface area contributed by atoms with E-state index in [0.717, 1.165) is 12.8 Å². The van der Waals surface area contributed by atoms with Gasteiger partial charge < -0.3 is 4.52 Å². The van der Waals surface area contributed by atoms with E-state index in [1.54, 1.807) is 35.8 Å². The quantitative estimate of drug-likeness (QED) is 0.329. The molecule has 10 nitrogen and oxygen atoms in total. The van der Waals surface area contributed by atoms with Crippen LogP contribution in [0.3, 0.4) is 0 Å². The summed E-state index contributed by atoms with van der Waals surface area (Å²) in [6.07, 6.45) is 8.54. The Morgan fingerprint density at radius 2 is 1.88 bits per heavy atom. The molecule has 0 saturated heterocycles. The molecule has 2 amide bonds. The molecule has 3 rings (SSSR count). The Hall–Kier alpha value is -2.79. The number of benzene rings is 1. The van der Waals surface area contributed by atoms with Gasteiger partial charge in [0.15, 0.2) is 0 Å². The monoisotopic (exact) mass is 478 g/mol. The number of rotatable bonds is 11. The van der Waals surface area contributed by atoms with Crippen LogP contribution >= 0.6 is 0 Å². The molecule has 1 saturated carbocycles. The Morgan fingerprint density at radius 1 is 1.15 bits per heavy atom. The van der Waals surface area contributed by atoms with E-state index in [9.17, 15) is 18.0 Å². The second-order valence-electron chi connectivity index (χ2n) is 8.50. The smallest absolute Gasteiger partial charge is 0.306 e. The van der Waals surface area contributed by atoms with Crippen LogP contribution in [-0.2, 0) is 20.6 Å². The minimum Gasteiger partial charge on any atom is -0.338 e. The summed E-state index contributed by atoms with van der Waals surface area (Å²) in [6.45, 7) is 0. The number of aromatic nitrogens is 2. The predicted octanol–water partition coefficient (Wildman–Crippen LogP) is 3.06. The van der Waals surface area contributed by atoms with Gasteiger partial charge in [-0.1, -0.05) is 80.4 Å². The van der Waals surface area contributed by atoms with E-state index in [4.69, 9.17) is 9.73 Å². The van der Waals surface area contributed by atoms with E-state index in [0.29, 0.717) is 17.9 Å². The minimum atomic E-state index is -3.96. The highest BCUT2D eigenvalue weighted by molar-refractivity contribution is 7.89. The predicted molar refractivity (Wildman–Crippen MR) is 119 cm³/mol. The van der Waals surface area contributed by atoms with Crippen LogP contribution in [0.1, 0.15) is 85.8 Å².